The molecule has 278 valence electrons. The molecule has 0 aliphatic rings. The second-order valence-electron chi connectivity index (χ2n) is 14.1. The standard InChI is InChI=1S/C54H42N4/c1-4-16-40(17-5-1)49-22-10-13-25-52(49)55-43-28-34-46(35-29-43)58(47-36-30-44(31-37-47)56-53-26-14-11-23-50(53)41-18-6-2-7-19-41)48-38-32-45(33-39-48)57-54-27-15-12-24-51(54)42-20-8-3-9-21-42/h1-39,55-57H. The summed E-state index contributed by atoms with van der Waals surface area (Å²) in [4.78, 5) is 2.30. The summed E-state index contributed by atoms with van der Waals surface area (Å²) in [6.45, 7) is 0. The van der Waals surface area contributed by atoms with Gasteiger partial charge in [0.05, 0.1) is 0 Å². The minimum absolute atomic E-state index is 1.01. The molecule has 0 radical (unpaired) electrons. The van der Waals surface area contributed by atoms with Crippen molar-refractivity contribution < 1.29 is 0 Å². The first-order chi connectivity index (χ1) is 28.7. The van der Waals surface area contributed by atoms with Gasteiger partial charge in [0, 0.05) is 67.9 Å². The van der Waals surface area contributed by atoms with E-state index in [0.29, 0.717) is 0 Å². The molecule has 0 aliphatic heterocycles. The molecular formula is C54H42N4. The summed E-state index contributed by atoms with van der Waals surface area (Å²) >= 11 is 0. The van der Waals surface area contributed by atoms with E-state index in [1.807, 2.05) is 18.2 Å². The fraction of sp³-hybridized carbons (Fsp3) is 0. The third-order valence-electron chi connectivity index (χ3n) is 10.2. The quantitative estimate of drug-likeness (QED) is 0.116. The van der Waals surface area contributed by atoms with Crippen molar-refractivity contribution in [2.75, 3.05) is 20.9 Å². The van der Waals surface area contributed by atoms with Gasteiger partial charge in [-0.25, -0.2) is 0 Å². The van der Waals surface area contributed by atoms with Crippen LogP contribution in [0.15, 0.2) is 237 Å². The summed E-state index contributed by atoms with van der Waals surface area (Å²) in [5.74, 6) is 0. The van der Waals surface area contributed by atoms with E-state index in [1.165, 1.54) is 16.7 Å². The van der Waals surface area contributed by atoms with E-state index in [4.69, 9.17) is 0 Å². The Morgan fingerprint density at radius 1 is 0.224 bits per heavy atom. The summed E-state index contributed by atoms with van der Waals surface area (Å²) in [6, 6.07) is 82.8. The van der Waals surface area contributed by atoms with Gasteiger partial charge in [0.15, 0.2) is 0 Å². The smallest absolute Gasteiger partial charge is 0.0463 e. The van der Waals surface area contributed by atoms with Gasteiger partial charge in [-0.05, 0) is 108 Å². The first-order valence-electron chi connectivity index (χ1n) is 19.6. The number of nitrogens with zero attached hydrogens (tertiary/aromatic N) is 1. The van der Waals surface area contributed by atoms with E-state index in [-0.39, 0.29) is 0 Å². The van der Waals surface area contributed by atoms with E-state index >= 15 is 0 Å². The molecule has 0 aliphatic carbocycles. The Bertz CT molecular complexity index is 2410. The zero-order valence-electron chi connectivity index (χ0n) is 32.0. The Hall–Kier alpha value is -7.82. The zero-order valence-corrected chi connectivity index (χ0v) is 32.0. The molecule has 0 amide bonds. The van der Waals surface area contributed by atoms with Gasteiger partial charge in [-0.2, -0.15) is 0 Å². The van der Waals surface area contributed by atoms with Gasteiger partial charge in [0.1, 0.15) is 0 Å². The average molecular weight is 747 g/mol. The molecule has 4 heteroatoms. The first-order valence-corrected chi connectivity index (χ1v) is 19.6. The van der Waals surface area contributed by atoms with Crippen LogP contribution < -0.4 is 20.9 Å². The zero-order chi connectivity index (χ0) is 38.9. The van der Waals surface area contributed by atoms with Crippen LogP contribution in [0.3, 0.4) is 0 Å². The highest BCUT2D eigenvalue weighted by Crippen LogP contribution is 2.39. The Balaban J connectivity index is 1.02. The molecule has 0 spiro atoms. The van der Waals surface area contributed by atoms with Crippen molar-refractivity contribution in [2.24, 2.45) is 0 Å². The molecule has 4 nitrogen and oxygen atoms in total. The highest BCUT2D eigenvalue weighted by Gasteiger charge is 2.15. The monoisotopic (exact) mass is 746 g/mol. The molecule has 9 aromatic rings. The lowest BCUT2D eigenvalue weighted by Gasteiger charge is -2.26. The molecule has 0 heterocycles. The van der Waals surface area contributed by atoms with Crippen molar-refractivity contribution in [1.82, 2.24) is 0 Å². The molecule has 9 rings (SSSR count). The van der Waals surface area contributed by atoms with E-state index in [2.05, 4.69) is 239 Å². The lowest BCUT2D eigenvalue weighted by molar-refractivity contribution is 1.28. The lowest BCUT2D eigenvalue weighted by atomic mass is 10.0. The molecule has 9 aromatic carbocycles. The van der Waals surface area contributed by atoms with Gasteiger partial charge >= 0.3 is 0 Å². The molecule has 0 fully saturated rings. The molecular weight excluding hydrogens is 705 g/mol. The van der Waals surface area contributed by atoms with Gasteiger partial charge < -0.3 is 20.9 Å². The normalized spacial score (nSPS) is 10.8. The number of benzene rings is 9. The van der Waals surface area contributed by atoms with E-state index in [9.17, 15) is 0 Å². The molecule has 0 saturated heterocycles. The third-order valence-corrected chi connectivity index (χ3v) is 10.2. The second kappa shape index (κ2) is 16.9. The van der Waals surface area contributed by atoms with Crippen LogP contribution in [0.4, 0.5) is 51.2 Å². The van der Waals surface area contributed by atoms with Gasteiger partial charge in [0.25, 0.3) is 0 Å². The average Bonchev–Trinajstić information content (AvgIpc) is 3.30. The van der Waals surface area contributed by atoms with Crippen LogP contribution in [0.1, 0.15) is 0 Å². The maximum absolute atomic E-state index is 3.68. The molecule has 0 bridgehead atoms. The molecule has 0 aromatic heterocycles. The third kappa shape index (κ3) is 8.08. The molecule has 0 unspecified atom stereocenters. The Morgan fingerprint density at radius 3 is 0.741 bits per heavy atom. The number of nitrogens with one attached hydrogen (secondary N) is 3. The minimum atomic E-state index is 1.01. The van der Waals surface area contributed by atoms with Crippen LogP contribution in [0.2, 0.25) is 0 Å². The minimum Gasteiger partial charge on any atom is -0.355 e. The van der Waals surface area contributed by atoms with Crippen LogP contribution in [0.25, 0.3) is 33.4 Å². The summed E-state index contributed by atoms with van der Waals surface area (Å²) < 4.78 is 0. The lowest BCUT2D eigenvalue weighted by Crippen LogP contribution is -2.10. The van der Waals surface area contributed by atoms with Crippen LogP contribution in [0, 0.1) is 0 Å². The summed E-state index contributed by atoms with van der Waals surface area (Å²) in [5.41, 5.74) is 16.4. The SMILES string of the molecule is c1ccc(-c2ccccc2Nc2ccc(N(c3ccc(Nc4ccccc4-c4ccccc4)cc3)c3ccc(Nc4ccccc4-c4ccccc4)cc3)cc2)cc1. The van der Waals surface area contributed by atoms with Crippen molar-refractivity contribution in [2.45, 2.75) is 0 Å². The predicted octanol–water partition coefficient (Wildman–Crippen LogP) is 15.4. The number of para-hydroxylation sites is 3. The maximum Gasteiger partial charge on any atom is 0.0463 e. The topological polar surface area (TPSA) is 39.3 Å². The fourth-order valence-electron chi connectivity index (χ4n) is 7.38. The van der Waals surface area contributed by atoms with Crippen molar-refractivity contribution in [3.8, 4) is 33.4 Å². The van der Waals surface area contributed by atoms with Crippen LogP contribution in [-0.2, 0) is 0 Å². The number of rotatable bonds is 12. The predicted molar refractivity (Wildman–Crippen MR) is 247 cm³/mol. The van der Waals surface area contributed by atoms with Crippen LogP contribution >= 0.6 is 0 Å². The molecule has 0 saturated carbocycles. The highest BCUT2D eigenvalue weighted by molar-refractivity contribution is 5.86. The van der Waals surface area contributed by atoms with E-state index in [1.54, 1.807) is 0 Å². The highest BCUT2D eigenvalue weighted by atomic mass is 15.1. The summed E-state index contributed by atoms with van der Waals surface area (Å²) in [5, 5.41) is 11.0. The largest absolute Gasteiger partial charge is 0.355 e. The molecule has 0 atom stereocenters. The maximum atomic E-state index is 3.68. The Morgan fingerprint density at radius 2 is 0.466 bits per heavy atom. The van der Waals surface area contributed by atoms with Crippen molar-refractivity contribution >= 4 is 51.2 Å². The molecule has 58 heavy (non-hydrogen) atoms. The Kier molecular flexibility index (Phi) is 10.5. The van der Waals surface area contributed by atoms with Gasteiger partial charge in [0.2, 0.25) is 0 Å². The Labute approximate surface area is 340 Å². The van der Waals surface area contributed by atoms with Gasteiger partial charge in [-0.1, -0.05) is 146 Å². The van der Waals surface area contributed by atoms with Gasteiger partial charge in [-0.15, -0.1) is 0 Å². The van der Waals surface area contributed by atoms with Crippen molar-refractivity contribution in [1.29, 1.82) is 0 Å². The van der Waals surface area contributed by atoms with Crippen LogP contribution in [0.5, 0.6) is 0 Å². The van der Waals surface area contributed by atoms with E-state index < -0.39 is 0 Å². The van der Waals surface area contributed by atoms with E-state index in [0.717, 1.165) is 67.9 Å². The number of anilines is 9. The first kappa shape index (κ1) is 35.9. The summed E-state index contributed by atoms with van der Waals surface area (Å²) in [6.07, 6.45) is 0. The fourth-order valence-corrected chi connectivity index (χ4v) is 7.38. The number of hydrogen-bond donors (Lipinski definition) is 3. The number of hydrogen-bond acceptors (Lipinski definition) is 4. The van der Waals surface area contributed by atoms with Crippen molar-refractivity contribution in [3.63, 3.8) is 0 Å². The summed E-state index contributed by atoms with van der Waals surface area (Å²) in [7, 11) is 0. The van der Waals surface area contributed by atoms with Crippen molar-refractivity contribution in [3.05, 3.63) is 237 Å². The van der Waals surface area contributed by atoms with Crippen LogP contribution in [-0.4, -0.2) is 0 Å². The second-order valence-corrected chi connectivity index (χ2v) is 14.1. The van der Waals surface area contributed by atoms with Gasteiger partial charge in [-0.3, -0.25) is 0 Å². The molecule has 3 N–H and O–H groups in total.